The normalized spacial score (nSPS) is 30.8. The fourth-order valence-corrected chi connectivity index (χ4v) is 3.52. The van der Waals surface area contributed by atoms with E-state index in [1.54, 1.807) is 4.68 Å². The second-order valence-electron chi connectivity index (χ2n) is 6.03. The summed E-state index contributed by atoms with van der Waals surface area (Å²) in [5, 5.41) is 4.34. The van der Waals surface area contributed by atoms with Crippen molar-refractivity contribution in [2.45, 2.75) is 32.1 Å². The molecule has 2 aromatic rings. The molecule has 96 valence electrons. The summed E-state index contributed by atoms with van der Waals surface area (Å²) in [5.74, 6) is 0.182. The van der Waals surface area contributed by atoms with Gasteiger partial charge in [-0.2, -0.15) is 5.10 Å². The van der Waals surface area contributed by atoms with Crippen LogP contribution in [0.2, 0.25) is 0 Å². The summed E-state index contributed by atoms with van der Waals surface area (Å²) in [4.78, 5) is 12.7. The summed E-state index contributed by atoms with van der Waals surface area (Å²) in [7, 11) is 0. The number of nitrogens with zero attached hydrogens (tertiary/aromatic N) is 2. The molecule has 0 amide bonds. The third-order valence-corrected chi connectivity index (χ3v) is 4.81. The van der Waals surface area contributed by atoms with Crippen LogP contribution in [-0.2, 0) is 5.41 Å². The Bertz CT molecular complexity index is 678. The van der Waals surface area contributed by atoms with Crippen LogP contribution in [0.5, 0.6) is 0 Å². The maximum Gasteiger partial charge on any atom is 0.254 e. The fourth-order valence-electron chi connectivity index (χ4n) is 3.52. The number of fused-ring (bicyclic) bond motifs is 1. The zero-order valence-corrected chi connectivity index (χ0v) is 11.2. The van der Waals surface area contributed by atoms with Crippen molar-refractivity contribution in [3.05, 3.63) is 53.3 Å². The Kier molecular flexibility index (Phi) is 1.82. The highest BCUT2D eigenvalue weighted by Crippen LogP contribution is 2.86. The van der Waals surface area contributed by atoms with Crippen molar-refractivity contribution in [3.8, 4) is 0 Å². The summed E-state index contributed by atoms with van der Waals surface area (Å²) in [6.45, 7) is 3.88. The molecule has 2 fully saturated rings. The van der Waals surface area contributed by atoms with Crippen LogP contribution in [0, 0.1) is 19.3 Å². The molecule has 3 nitrogen and oxygen atoms in total. The first-order valence-electron chi connectivity index (χ1n) is 6.73. The van der Waals surface area contributed by atoms with Crippen molar-refractivity contribution in [1.82, 2.24) is 9.78 Å². The fraction of sp³-hybridized carbons (Fsp3) is 0.375. The third kappa shape index (κ3) is 1.23. The van der Waals surface area contributed by atoms with Gasteiger partial charge in [0, 0.05) is 11.1 Å². The zero-order valence-electron chi connectivity index (χ0n) is 11.2. The van der Waals surface area contributed by atoms with Gasteiger partial charge in [0.2, 0.25) is 0 Å². The lowest BCUT2D eigenvalue weighted by atomic mass is 10.0. The number of hydrogen-bond acceptors (Lipinski definition) is 2. The van der Waals surface area contributed by atoms with E-state index >= 15 is 0 Å². The molecule has 0 unspecified atom stereocenters. The van der Waals surface area contributed by atoms with Crippen LogP contribution in [0.3, 0.4) is 0 Å². The zero-order chi connectivity index (χ0) is 13.3. The number of aromatic nitrogens is 2. The summed E-state index contributed by atoms with van der Waals surface area (Å²) < 4.78 is 1.60. The molecule has 19 heavy (non-hydrogen) atoms. The maximum absolute atomic E-state index is 12.7. The van der Waals surface area contributed by atoms with Crippen LogP contribution in [-0.4, -0.2) is 15.7 Å². The van der Waals surface area contributed by atoms with E-state index in [-0.39, 0.29) is 16.7 Å². The van der Waals surface area contributed by atoms with Crippen molar-refractivity contribution >= 4 is 5.91 Å². The minimum Gasteiger partial charge on any atom is -0.272 e. The van der Waals surface area contributed by atoms with Crippen molar-refractivity contribution < 1.29 is 4.79 Å². The average Bonchev–Trinajstić information content (AvgIpc) is 3.19. The Hall–Kier alpha value is -1.90. The van der Waals surface area contributed by atoms with Crippen LogP contribution in [0.4, 0.5) is 0 Å². The second-order valence-corrected chi connectivity index (χ2v) is 6.03. The van der Waals surface area contributed by atoms with Crippen LogP contribution in [0.25, 0.3) is 0 Å². The minimum absolute atomic E-state index is 0.123. The van der Waals surface area contributed by atoms with E-state index in [9.17, 15) is 4.79 Å². The molecule has 0 atom stereocenters. The average molecular weight is 252 g/mol. The molecule has 2 aliphatic rings. The molecule has 1 heterocycles. The summed E-state index contributed by atoms with van der Waals surface area (Å²) in [5.41, 5.74) is 3.13. The molecular formula is C16H16N2O. The van der Waals surface area contributed by atoms with Gasteiger partial charge in [-0.3, -0.25) is 4.79 Å². The second kappa shape index (κ2) is 3.16. The van der Waals surface area contributed by atoms with Crippen LogP contribution >= 0.6 is 0 Å². The van der Waals surface area contributed by atoms with Gasteiger partial charge >= 0.3 is 0 Å². The molecule has 2 aliphatic carbocycles. The van der Waals surface area contributed by atoms with Crippen molar-refractivity contribution in [2.24, 2.45) is 5.41 Å². The summed E-state index contributed by atoms with van der Waals surface area (Å²) in [6, 6.07) is 12.4. The number of benzene rings is 1. The van der Waals surface area contributed by atoms with E-state index in [0.29, 0.717) is 0 Å². The van der Waals surface area contributed by atoms with Gasteiger partial charge in [0.15, 0.2) is 0 Å². The topological polar surface area (TPSA) is 34.9 Å². The van der Waals surface area contributed by atoms with Crippen LogP contribution in [0.1, 0.15) is 34.6 Å². The Balaban J connectivity index is 1.68. The highest BCUT2D eigenvalue weighted by atomic mass is 16.2. The molecule has 2 saturated carbocycles. The number of rotatable bonds is 2. The van der Waals surface area contributed by atoms with Gasteiger partial charge in [-0.15, -0.1) is 0 Å². The van der Waals surface area contributed by atoms with E-state index < -0.39 is 0 Å². The van der Waals surface area contributed by atoms with E-state index in [0.717, 1.165) is 24.2 Å². The third-order valence-electron chi connectivity index (χ3n) is 4.81. The van der Waals surface area contributed by atoms with Crippen LogP contribution in [0.15, 0.2) is 36.4 Å². The smallest absolute Gasteiger partial charge is 0.254 e. The van der Waals surface area contributed by atoms with Crippen molar-refractivity contribution in [2.75, 3.05) is 0 Å². The first-order valence-corrected chi connectivity index (χ1v) is 6.73. The molecule has 0 radical (unpaired) electrons. The van der Waals surface area contributed by atoms with Crippen LogP contribution < -0.4 is 0 Å². The summed E-state index contributed by atoms with van der Waals surface area (Å²) in [6.07, 6.45) is 1.97. The number of aryl methyl sites for hydroxylation is 2. The number of carbonyl (C=O) groups is 1. The molecule has 4 rings (SSSR count). The van der Waals surface area contributed by atoms with Gasteiger partial charge in [-0.05, 0) is 38.3 Å². The molecule has 0 aliphatic heterocycles. The van der Waals surface area contributed by atoms with Gasteiger partial charge in [-0.25, -0.2) is 4.68 Å². The Morgan fingerprint density at radius 2 is 1.89 bits per heavy atom. The molecule has 1 aromatic carbocycles. The predicted molar refractivity (Wildman–Crippen MR) is 72.1 cm³/mol. The highest BCUT2D eigenvalue weighted by Gasteiger charge is 2.87. The Morgan fingerprint density at radius 1 is 1.21 bits per heavy atom. The van der Waals surface area contributed by atoms with Gasteiger partial charge in [0.1, 0.15) is 0 Å². The Labute approximate surface area is 112 Å². The minimum atomic E-state index is -0.155. The molecule has 0 saturated heterocycles. The largest absolute Gasteiger partial charge is 0.272 e. The SMILES string of the molecule is Cc1cc(C)n(C(=O)C23CC2(c2ccccc2)C3)n1. The standard InChI is InChI=1S/C16H16N2O/c1-11-8-12(2)18(17-11)14(19)16-9-15(16,10-16)13-6-4-3-5-7-13/h3-8H,9-10H2,1-2H3. The van der Waals surface area contributed by atoms with Gasteiger partial charge in [-0.1, -0.05) is 30.3 Å². The number of hydrogen-bond donors (Lipinski definition) is 0. The Morgan fingerprint density at radius 3 is 2.47 bits per heavy atom. The monoisotopic (exact) mass is 252 g/mol. The highest BCUT2D eigenvalue weighted by molar-refractivity contribution is 5.96. The van der Waals surface area contributed by atoms with E-state index in [1.165, 1.54) is 5.56 Å². The lowest BCUT2D eigenvalue weighted by Crippen LogP contribution is -2.20. The lowest BCUT2D eigenvalue weighted by molar-refractivity contribution is 0.0832. The van der Waals surface area contributed by atoms with E-state index in [4.69, 9.17) is 0 Å². The van der Waals surface area contributed by atoms with Crippen molar-refractivity contribution in [1.29, 1.82) is 0 Å². The lowest BCUT2D eigenvalue weighted by Gasteiger charge is -2.03. The molecule has 0 N–H and O–H groups in total. The summed E-state index contributed by atoms with van der Waals surface area (Å²) >= 11 is 0. The molecule has 3 heteroatoms. The van der Waals surface area contributed by atoms with Crippen molar-refractivity contribution in [3.63, 3.8) is 0 Å². The first-order chi connectivity index (χ1) is 9.09. The quantitative estimate of drug-likeness (QED) is 0.823. The molecule has 0 spiro atoms. The molecular weight excluding hydrogens is 236 g/mol. The molecule has 0 bridgehead atoms. The number of carbonyl (C=O) groups excluding carboxylic acids is 1. The van der Waals surface area contributed by atoms with Gasteiger partial charge in [0.05, 0.1) is 11.1 Å². The van der Waals surface area contributed by atoms with Gasteiger partial charge in [0.25, 0.3) is 5.91 Å². The maximum atomic E-state index is 12.7. The first kappa shape index (κ1) is 11.0. The predicted octanol–water partition coefficient (Wildman–Crippen LogP) is 2.87. The van der Waals surface area contributed by atoms with Gasteiger partial charge < -0.3 is 0 Å². The van der Waals surface area contributed by atoms with E-state index in [1.807, 2.05) is 26.0 Å². The molecule has 1 aromatic heterocycles. The van der Waals surface area contributed by atoms with E-state index in [2.05, 4.69) is 29.4 Å².